The molecular formula is C15H13NOS. The fourth-order valence-electron chi connectivity index (χ4n) is 2.30. The third-order valence-electron chi connectivity index (χ3n) is 3.07. The Morgan fingerprint density at radius 1 is 1.06 bits per heavy atom. The zero-order valence-corrected chi connectivity index (χ0v) is 11.1. The summed E-state index contributed by atoms with van der Waals surface area (Å²) >= 11 is 1.72. The van der Waals surface area contributed by atoms with Crippen LogP contribution in [0.3, 0.4) is 0 Å². The van der Waals surface area contributed by atoms with Crippen molar-refractivity contribution in [2.24, 2.45) is 0 Å². The van der Waals surface area contributed by atoms with Crippen molar-refractivity contribution in [2.75, 3.05) is 4.90 Å². The molecule has 0 saturated carbocycles. The first-order valence-corrected chi connectivity index (χ1v) is 6.67. The van der Waals surface area contributed by atoms with E-state index < -0.39 is 0 Å². The maximum atomic E-state index is 12.0. The van der Waals surface area contributed by atoms with Gasteiger partial charge in [-0.3, -0.25) is 9.69 Å². The van der Waals surface area contributed by atoms with Crippen LogP contribution in [0.15, 0.2) is 52.3 Å². The highest BCUT2D eigenvalue weighted by Crippen LogP contribution is 2.49. The number of anilines is 2. The Morgan fingerprint density at radius 3 is 2.56 bits per heavy atom. The monoisotopic (exact) mass is 255 g/mol. The van der Waals surface area contributed by atoms with E-state index in [-0.39, 0.29) is 5.91 Å². The molecule has 0 radical (unpaired) electrons. The van der Waals surface area contributed by atoms with Crippen molar-refractivity contribution in [1.82, 2.24) is 0 Å². The maximum absolute atomic E-state index is 12.0. The first-order chi connectivity index (χ1) is 8.68. The summed E-state index contributed by atoms with van der Waals surface area (Å²) in [7, 11) is 0. The normalized spacial score (nSPS) is 12.9. The van der Waals surface area contributed by atoms with Crippen LogP contribution in [0.4, 0.5) is 11.4 Å². The number of carbonyl (C=O) groups is 1. The Bertz CT molecular complexity index is 636. The summed E-state index contributed by atoms with van der Waals surface area (Å²) in [6, 6.07) is 14.2. The molecule has 0 spiro atoms. The average Bonchev–Trinajstić information content (AvgIpc) is 2.36. The molecule has 18 heavy (non-hydrogen) atoms. The van der Waals surface area contributed by atoms with Crippen molar-refractivity contribution in [3.8, 4) is 0 Å². The molecule has 0 bridgehead atoms. The molecule has 0 N–H and O–H groups in total. The molecule has 90 valence electrons. The van der Waals surface area contributed by atoms with Crippen LogP contribution in [0.1, 0.15) is 12.5 Å². The van der Waals surface area contributed by atoms with Gasteiger partial charge in [0.15, 0.2) is 0 Å². The molecule has 2 nitrogen and oxygen atoms in total. The summed E-state index contributed by atoms with van der Waals surface area (Å²) in [4.78, 5) is 16.1. The second-order valence-corrected chi connectivity index (χ2v) is 5.43. The zero-order chi connectivity index (χ0) is 12.7. The van der Waals surface area contributed by atoms with E-state index in [2.05, 4.69) is 12.1 Å². The van der Waals surface area contributed by atoms with Crippen LogP contribution in [-0.4, -0.2) is 5.91 Å². The minimum atomic E-state index is 0.0540. The fraction of sp³-hybridized carbons (Fsp3) is 0.133. The summed E-state index contributed by atoms with van der Waals surface area (Å²) in [5, 5.41) is 0. The predicted octanol–water partition coefficient (Wildman–Crippen LogP) is 4.14. The Balaban J connectivity index is 2.28. The van der Waals surface area contributed by atoms with Gasteiger partial charge in [-0.1, -0.05) is 36.0 Å². The molecule has 0 fully saturated rings. The maximum Gasteiger partial charge on any atom is 0.228 e. The van der Waals surface area contributed by atoms with E-state index in [9.17, 15) is 4.79 Å². The van der Waals surface area contributed by atoms with Gasteiger partial charge in [0.25, 0.3) is 0 Å². The van der Waals surface area contributed by atoms with E-state index in [1.165, 1.54) is 0 Å². The van der Waals surface area contributed by atoms with Crippen LogP contribution in [0.25, 0.3) is 0 Å². The zero-order valence-electron chi connectivity index (χ0n) is 10.3. The van der Waals surface area contributed by atoms with Crippen molar-refractivity contribution < 1.29 is 4.79 Å². The number of para-hydroxylation sites is 2. The quantitative estimate of drug-likeness (QED) is 0.705. The average molecular weight is 255 g/mol. The van der Waals surface area contributed by atoms with E-state index in [1.54, 1.807) is 18.7 Å². The lowest BCUT2D eigenvalue weighted by atomic mass is 10.1. The molecule has 0 atom stereocenters. The van der Waals surface area contributed by atoms with Gasteiger partial charge in [-0.25, -0.2) is 0 Å². The molecule has 0 aromatic heterocycles. The summed E-state index contributed by atoms with van der Waals surface area (Å²) in [6.45, 7) is 3.66. The third-order valence-corrected chi connectivity index (χ3v) is 4.18. The van der Waals surface area contributed by atoms with Crippen LogP contribution in [-0.2, 0) is 4.79 Å². The molecule has 3 rings (SSSR count). The Labute approximate surface area is 111 Å². The third kappa shape index (κ3) is 1.63. The Kier molecular flexibility index (Phi) is 2.63. The Morgan fingerprint density at radius 2 is 1.78 bits per heavy atom. The van der Waals surface area contributed by atoms with Crippen LogP contribution in [0.5, 0.6) is 0 Å². The standard InChI is InChI=1S/C15H13NOS/c1-10-6-5-9-14-15(10)16(11(2)17)12-7-3-4-8-13(12)18-14/h3-9H,1-2H3. The number of benzene rings is 2. The molecule has 2 aromatic rings. The van der Waals surface area contributed by atoms with E-state index in [0.29, 0.717) is 0 Å². The van der Waals surface area contributed by atoms with Crippen molar-refractivity contribution in [1.29, 1.82) is 0 Å². The lowest BCUT2D eigenvalue weighted by Crippen LogP contribution is -2.26. The van der Waals surface area contributed by atoms with Crippen molar-refractivity contribution >= 4 is 29.0 Å². The van der Waals surface area contributed by atoms with Gasteiger partial charge in [0.2, 0.25) is 5.91 Å². The number of fused-ring (bicyclic) bond motifs is 2. The topological polar surface area (TPSA) is 20.3 Å². The molecular weight excluding hydrogens is 242 g/mol. The summed E-state index contributed by atoms with van der Waals surface area (Å²) < 4.78 is 0. The van der Waals surface area contributed by atoms with Crippen LogP contribution >= 0.6 is 11.8 Å². The lowest BCUT2D eigenvalue weighted by Gasteiger charge is -2.31. The van der Waals surface area contributed by atoms with E-state index in [1.807, 2.05) is 42.2 Å². The van der Waals surface area contributed by atoms with Crippen LogP contribution in [0.2, 0.25) is 0 Å². The largest absolute Gasteiger partial charge is 0.279 e. The number of rotatable bonds is 0. The van der Waals surface area contributed by atoms with Gasteiger partial charge in [-0.05, 0) is 30.7 Å². The van der Waals surface area contributed by atoms with Gasteiger partial charge in [0.05, 0.1) is 11.4 Å². The first kappa shape index (κ1) is 11.4. The second kappa shape index (κ2) is 4.18. The number of aryl methyl sites for hydroxylation is 1. The minimum absolute atomic E-state index is 0.0540. The number of nitrogens with zero attached hydrogens (tertiary/aromatic N) is 1. The van der Waals surface area contributed by atoms with E-state index >= 15 is 0 Å². The highest BCUT2D eigenvalue weighted by Gasteiger charge is 2.26. The van der Waals surface area contributed by atoms with Crippen molar-refractivity contribution in [3.63, 3.8) is 0 Å². The molecule has 1 aliphatic rings. The van der Waals surface area contributed by atoms with E-state index in [4.69, 9.17) is 0 Å². The van der Waals surface area contributed by atoms with Crippen molar-refractivity contribution in [2.45, 2.75) is 23.6 Å². The Hall–Kier alpha value is -1.74. The second-order valence-electron chi connectivity index (χ2n) is 4.35. The molecule has 1 heterocycles. The lowest BCUT2D eigenvalue weighted by molar-refractivity contribution is -0.115. The van der Waals surface area contributed by atoms with Gasteiger partial charge >= 0.3 is 0 Å². The highest BCUT2D eigenvalue weighted by molar-refractivity contribution is 7.99. The highest BCUT2D eigenvalue weighted by atomic mass is 32.2. The predicted molar refractivity (Wildman–Crippen MR) is 74.6 cm³/mol. The smallest absolute Gasteiger partial charge is 0.228 e. The minimum Gasteiger partial charge on any atom is -0.279 e. The van der Waals surface area contributed by atoms with Gasteiger partial charge in [0, 0.05) is 16.7 Å². The van der Waals surface area contributed by atoms with Crippen LogP contribution < -0.4 is 4.90 Å². The van der Waals surface area contributed by atoms with Gasteiger partial charge in [-0.15, -0.1) is 0 Å². The van der Waals surface area contributed by atoms with Gasteiger partial charge in [0.1, 0.15) is 0 Å². The summed E-state index contributed by atoms with van der Waals surface area (Å²) in [5.41, 5.74) is 3.13. The number of hydrogen-bond donors (Lipinski definition) is 0. The fourth-order valence-corrected chi connectivity index (χ4v) is 3.44. The van der Waals surface area contributed by atoms with Gasteiger partial charge < -0.3 is 0 Å². The van der Waals surface area contributed by atoms with Gasteiger partial charge in [-0.2, -0.15) is 0 Å². The number of hydrogen-bond acceptors (Lipinski definition) is 2. The molecule has 1 amide bonds. The molecule has 0 saturated heterocycles. The molecule has 0 aliphatic carbocycles. The summed E-state index contributed by atoms with van der Waals surface area (Å²) in [5.74, 6) is 0.0540. The SMILES string of the molecule is CC(=O)N1c2ccccc2Sc2cccc(C)c21. The number of amides is 1. The van der Waals surface area contributed by atoms with Crippen molar-refractivity contribution in [3.05, 3.63) is 48.0 Å². The van der Waals surface area contributed by atoms with Crippen LogP contribution in [0, 0.1) is 6.92 Å². The molecule has 3 heteroatoms. The first-order valence-electron chi connectivity index (χ1n) is 5.85. The molecule has 2 aromatic carbocycles. The number of carbonyl (C=O) groups excluding carboxylic acids is 1. The summed E-state index contributed by atoms with van der Waals surface area (Å²) in [6.07, 6.45) is 0. The molecule has 1 aliphatic heterocycles. The molecule has 0 unspecified atom stereocenters. The van der Waals surface area contributed by atoms with E-state index in [0.717, 1.165) is 26.7 Å².